The maximum Gasteiger partial charge on any atom is 0.254 e. The molecule has 0 aliphatic carbocycles. The number of nitrogens with zero attached hydrogens (tertiary/aromatic N) is 2. The van der Waals surface area contributed by atoms with E-state index in [1.54, 1.807) is 12.5 Å². The van der Waals surface area contributed by atoms with Crippen molar-refractivity contribution in [1.29, 1.82) is 0 Å². The molecule has 4 nitrogen and oxygen atoms in total. The van der Waals surface area contributed by atoms with Crippen molar-refractivity contribution in [1.82, 2.24) is 9.88 Å². The van der Waals surface area contributed by atoms with Gasteiger partial charge < -0.3 is 9.32 Å². The number of pyridine rings is 1. The Bertz CT molecular complexity index is 828. The quantitative estimate of drug-likeness (QED) is 0.722. The van der Waals surface area contributed by atoms with Gasteiger partial charge in [0.25, 0.3) is 5.91 Å². The Morgan fingerprint density at radius 2 is 2.08 bits per heavy atom. The molecule has 24 heavy (non-hydrogen) atoms. The molecule has 1 aliphatic heterocycles. The van der Waals surface area contributed by atoms with Gasteiger partial charge in [0, 0.05) is 23.9 Å². The Labute approximate surface area is 140 Å². The van der Waals surface area contributed by atoms with Gasteiger partial charge in [-0.3, -0.25) is 9.78 Å². The third kappa shape index (κ3) is 2.71. The highest BCUT2D eigenvalue weighted by Crippen LogP contribution is 2.32. The monoisotopic (exact) mass is 318 g/mol. The number of rotatable bonds is 3. The Hall–Kier alpha value is -2.88. The third-order valence-electron chi connectivity index (χ3n) is 4.46. The average Bonchev–Trinajstić information content (AvgIpc) is 3.34. The van der Waals surface area contributed by atoms with Crippen LogP contribution < -0.4 is 0 Å². The molecule has 1 saturated heterocycles. The van der Waals surface area contributed by atoms with Crippen LogP contribution in [0.2, 0.25) is 0 Å². The van der Waals surface area contributed by atoms with E-state index < -0.39 is 0 Å². The van der Waals surface area contributed by atoms with Gasteiger partial charge in [0.15, 0.2) is 0 Å². The largest absolute Gasteiger partial charge is 0.464 e. The summed E-state index contributed by atoms with van der Waals surface area (Å²) < 4.78 is 5.44. The highest BCUT2D eigenvalue weighted by atomic mass is 16.3. The lowest BCUT2D eigenvalue weighted by atomic mass is 10.1. The number of hydrogen-bond acceptors (Lipinski definition) is 3. The van der Waals surface area contributed by atoms with Crippen molar-refractivity contribution in [3.63, 3.8) is 0 Å². The van der Waals surface area contributed by atoms with E-state index in [1.807, 2.05) is 59.5 Å². The molecule has 0 N–H and O–H groups in total. The number of hydrogen-bond donors (Lipinski definition) is 0. The van der Waals surface area contributed by atoms with Gasteiger partial charge in [-0.1, -0.05) is 18.2 Å². The SMILES string of the molecule is O=C(c1cccc(-c2ccco2)c1)N1CCCC1c1ccccn1. The molecule has 1 amide bonds. The lowest BCUT2D eigenvalue weighted by Gasteiger charge is -2.24. The van der Waals surface area contributed by atoms with E-state index in [0.717, 1.165) is 36.4 Å². The number of aromatic nitrogens is 1. The molecule has 0 radical (unpaired) electrons. The van der Waals surface area contributed by atoms with Gasteiger partial charge in [-0.15, -0.1) is 0 Å². The first kappa shape index (κ1) is 14.7. The first-order valence-corrected chi connectivity index (χ1v) is 8.19. The van der Waals surface area contributed by atoms with Crippen LogP contribution in [0.25, 0.3) is 11.3 Å². The summed E-state index contributed by atoms with van der Waals surface area (Å²) in [5, 5.41) is 0. The number of carbonyl (C=O) groups is 1. The van der Waals surface area contributed by atoms with E-state index in [2.05, 4.69) is 4.98 Å². The topological polar surface area (TPSA) is 46.3 Å². The number of furan rings is 1. The van der Waals surface area contributed by atoms with Crippen LogP contribution in [-0.2, 0) is 0 Å². The van der Waals surface area contributed by atoms with E-state index in [4.69, 9.17) is 4.42 Å². The number of amides is 1. The van der Waals surface area contributed by atoms with Gasteiger partial charge in [-0.25, -0.2) is 0 Å². The van der Waals surface area contributed by atoms with E-state index >= 15 is 0 Å². The Balaban J connectivity index is 1.62. The highest BCUT2D eigenvalue weighted by Gasteiger charge is 2.31. The van der Waals surface area contributed by atoms with Crippen LogP contribution in [0.1, 0.15) is 34.9 Å². The number of carbonyl (C=O) groups excluding carboxylic acids is 1. The van der Waals surface area contributed by atoms with E-state index in [-0.39, 0.29) is 11.9 Å². The molecule has 1 fully saturated rings. The van der Waals surface area contributed by atoms with Gasteiger partial charge in [0.2, 0.25) is 0 Å². The fourth-order valence-electron chi connectivity index (χ4n) is 3.30. The predicted molar refractivity (Wildman–Crippen MR) is 91.4 cm³/mol. The third-order valence-corrected chi connectivity index (χ3v) is 4.46. The number of likely N-dealkylation sites (tertiary alicyclic amines) is 1. The zero-order valence-electron chi connectivity index (χ0n) is 13.3. The standard InChI is InChI=1S/C20H18N2O2/c23-20(16-7-3-6-15(14-16)19-10-5-13-24-19)22-12-4-9-18(22)17-8-1-2-11-21-17/h1-3,5-8,10-11,13-14,18H,4,9,12H2. The van der Waals surface area contributed by atoms with Crippen LogP contribution in [0, 0.1) is 0 Å². The molecule has 1 aromatic carbocycles. The summed E-state index contributed by atoms with van der Waals surface area (Å²) in [6.07, 6.45) is 5.39. The van der Waals surface area contributed by atoms with Crippen molar-refractivity contribution in [2.24, 2.45) is 0 Å². The average molecular weight is 318 g/mol. The van der Waals surface area contributed by atoms with Gasteiger partial charge in [-0.05, 0) is 49.2 Å². The Kier molecular flexibility index (Phi) is 3.87. The Morgan fingerprint density at radius 1 is 1.12 bits per heavy atom. The summed E-state index contributed by atoms with van der Waals surface area (Å²) >= 11 is 0. The summed E-state index contributed by atoms with van der Waals surface area (Å²) in [6.45, 7) is 0.769. The van der Waals surface area contributed by atoms with Crippen LogP contribution in [-0.4, -0.2) is 22.3 Å². The summed E-state index contributed by atoms with van der Waals surface area (Å²) in [6, 6.07) is 17.3. The van der Waals surface area contributed by atoms with Crippen molar-refractivity contribution in [2.45, 2.75) is 18.9 Å². The Morgan fingerprint density at radius 3 is 2.88 bits per heavy atom. The second-order valence-corrected chi connectivity index (χ2v) is 5.97. The zero-order valence-corrected chi connectivity index (χ0v) is 13.3. The van der Waals surface area contributed by atoms with Crippen molar-refractivity contribution < 1.29 is 9.21 Å². The number of benzene rings is 1. The summed E-state index contributed by atoms with van der Waals surface area (Å²) in [7, 11) is 0. The smallest absolute Gasteiger partial charge is 0.254 e. The van der Waals surface area contributed by atoms with Crippen molar-refractivity contribution >= 4 is 5.91 Å². The molecule has 1 unspecified atom stereocenters. The fraction of sp³-hybridized carbons (Fsp3) is 0.200. The van der Waals surface area contributed by atoms with Crippen molar-refractivity contribution in [2.75, 3.05) is 6.54 Å². The maximum atomic E-state index is 13.0. The first-order chi connectivity index (χ1) is 11.8. The van der Waals surface area contributed by atoms with Crippen LogP contribution in [0.4, 0.5) is 0 Å². The minimum absolute atomic E-state index is 0.0524. The van der Waals surface area contributed by atoms with Crippen LogP contribution >= 0.6 is 0 Å². The van der Waals surface area contributed by atoms with Crippen molar-refractivity contribution in [3.8, 4) is 11.3 Å². The fourth-order valence-corrected chi connectivity index (χ4v) is 3.30. The minimum atomic E-state index is 0.0524. The van der Waals surface area contributed by atoms with E-state index in [9.17, 15) is 4.79 Å². The first-order valence-electron chi connectivity index (χ1n) is 8.19. The van der Waals surface area contributed by atoms with Crippen LogP contribution in [0.3, 0.4) is 0 Å². The molecule has 0 saturated carbocycles. The van der Waals surface area contributed by atoms with Crippen LogP contribution in [0.15, 0.2) is 71.5 Å². The highest BCUT2D eigenvalue weighted by molar-refractivity contribution is 5.95. The minimum Gasteiger partial charge on any atom is -0.464 e. The molecule has 120 valence electrons. The predicted octanol–water partition coefficient (Wildman–Crippen LogP) is 4.32. The van der Waals surface area contributed by atoms with E-state index in [0.29, 0.717) is 5.56 Å². The molecular weight excluding hydrogens is 300 g/mol. The molecule has 3 aromatic rings. The lowest BCUT2D eigenvalue weighted by Crippen LogP contribution is -2.30. The molecule has 1 aliphatic rings. The van der Waals surface area contributed by atoms with Gasteiger partial charge >= 0.3 is 0 Å². The molecule has 4 heteroatoms. The zero-order chi connectivity index (χ0) is 16.4. The summed E-state index contributed by atoms with van der Waals surface area (Å²) in [4.78, 5) is 19.4. The normalized spacial score (nSPS) is 17.2. The summed E-state index contributed by atoms with van der Waals surface area (Å²) in [5.41, 5.74) is 2.57. The molecular formula is C20H18N2O2. The summed E-state index contributed by atoms with van der Waals surface area (Å²) in [5.74, 6) is 0.823. The molecule has 0 spiro atoms. The maximum absolute atomic E-state index is 13.0. The molecule has 0 bridgehead atoms. The van der Waals surface area contributed by atoms with Gasteiger partial charge in [-0.2, -0.15) is 0 Å². The van der Waals surface area contributed by atoms with Crippen LogP contribution in [0.5, 0.6) is 0 Å². The second-order valence-electron chi connectivity index (χ2n) is 5.97. The van der Waals surface area contributed by atoms with E-state index in [1.165, 1.54) is 0 Å². The molecule has 4 rings (SSSR count). The lowest BCUT2D eigenvalue weighted by molar-refractivity contribution is 0.0733. The van der Waals surface area contributed by atoms with Gasteiger partial charge in [0.05, 0.1) is 18.0 Å². The van der Waals surface area contributed by atoms with Gasteiger partial charge in [0.1, 0.15) is 5.76 Å². The second kappa shape index (κ2) is 6.32. The molecule has 3 heterocycles. The molecule has 2 aromatic heterocycles. The van der Waals surface area contributed by atoms with Crippen molar-refractivity contribution in [3.05, 3.63) is 78.3 Å². The molecule has 1 atom stereocenters.